The van der Waals surface area contributed by atoms with Gasteiger partial charge < -0.3 is 9.84 Å². The van der Waals surface area contributed by atoms with Gasteiger partial charge in [0.25, 0.3) is 11.7 Å². The average Bonchev–Trinajstić information content (AvgIpc) is 3.06. The van der Waals surface area contributed by atoms with E-state index < -0.39 is 17.7 Å². The fourth-order valence-corrected chi connectivity index (χ4v) is 4.47. The van der Waals surface area contributed by atoms with Crippen molar-refractivity contribution in [1.82, 2.24) is 4.98 Å². The highest BCUT2D eigenvalue weighted by Crippen LogP contribution is 2.44. The maximum Gasteiger partial charge on any atom is 0.300 e. The number of rotatable bonds is 4. The number of aromatic nitrogens is 1. The van der Waals surface area contributed by atoms with Gasteiger partial charge in [-0.3, -0.25) is 19.5 Å². The predicted molar refractivity (Wildman–Crippen MR) is 128 cm³/mol. The number of hydrogen-bond acceptors (Lipinski definition) is 5. The zero-order valence-corrected chi connectivity index (χ0v) is 19.5. The normalized spacial score (nSPS) is 17.5. The van der Waals surface area contributed by atoms with Crippen LogP contribution in [0.2, 0.25) is 5.02 Å². The van der Waals surface area contributed by atoms with E-state index in [0.29, 0.717) is 33.3 Å². The summed E-state index contributed by atoms with van der Waals surface area (Å²) in [6.45, 7) is 5.51. The number of nitrogens with zero attached hydrogens (tertiary/aromatic N) is 2. The monoisotopic (exact) mass is 462 g/mol. The van der Waals surface area contributed by atoms with Crippen LogP contribution in [0.15, 0.2) is 60.3 Å². The van der Waals surface area contributed by atoms with Gasteiger partial charge in [0, 0.05) is 16.9 Å². The Morgan fingerprint density at radius 3 is 2.52 bits per heavy atom. The van der Waals surface area contributed by atoms with Gasteiger partial charge in [0.1, 0.15) is 17.6 Å². The second kappa shape index (κ2) is 8.71. The van der Waals surface area contributed by atoms with Crippen LogP contribution in [0.4, 0.5) is 5.69 Å². The third kappa shape index (κ3) is 3.76. The molecular formula is C26H23ClN2O4. The number of aliphatic hydroxyl groups is 1. The summed E-state index contributed by atoms with van der Waals surface area (Å²) in [6.07, 6.45) is 1.58. The van der Waals surface area contributed by atoms with Gasteiger partial charge in [-0.2, -0.15) is 0 Å². The molecule has 3 aromatic rings. The third-order valence-electron chi connectivity index (χ3n) is 5.79. The molecule has 1 aliphatic heterocycles. The molecule has 1 saturated heterocycles. The molecule has 1 amide bonds. The van der Waals surface area contributed by atoms with Crippen LogP contribution in [0, 0.1) is 20.8 Å². The lowest BCUT2D eigenvalue weighted by Gasteiger charge is -2.26. The second-order valence-electron chi connectivity index (χ2n) is 7.97. The van der Waals surface area contributed by atoms with Crippen LogP contribution in [0.25, 0.3) is 5.76 Å². The summed E-state index contributed by atoms with van der Waals surface area (Å²) in [7, 11) is 1.50. The SMILES string of the molecule is COc1c(C)cc(C)cc1/C(O)=C1\C(=O)C(=O)N(c2cccc(Cl)c2C)C1c1ccccn1. The Morgan fingerprint density at radius 2 is 1.85 bits per heavy atom. The molecule has 33 heavy (non-hydrogen) atoms. The maximum atomic E-state index is 13.3. The summed E-state index contributed by atoms with van der Waals surface area (Å²) < 4.78 is 5.52. The minimum absolute atomic E-state index is 0.0543. The quantitative estimate of drug-likeness (QED) is 0.323. The van der Waals surface area contributed by atoms with Crippen molar-refractivity contribution in [3.8, 4) is 5.75 Å². The Labute approximate surface area is 197 Å². The minimum Gasteiger partial charge on any atom is -0.507 e. The van der Waals surface area contributed by atoms with Gasteiger partial charge in [-0.25, -0.2) is 0 Å². The van der Waals surface area contributed by atoms with E-state index in [4.69, 9.17) is 16.3 Å². The zero-order valence-electron chi connectivity index (χ0n) is 18.7. The number of carbonyl (C=O) groups is 2. The van der Waals surface area contributed by atoms with Crippen molar-refractivity contribution >= 4 is 34.7 Å². The van der Waals surface area contributed by atoms with Gasteiger partial charge in [-0.05, 0) is 67.8 Å². The van der Waals surface area contributed by atoms with Crippen molar-refractivity contribution in [2.75, 3.05) is 12.0 Å². The number of hydrogen-bond donors (Lipinski definition) is 1. The van der Waals surface area contributed by atoms with E-state index in [2.05, 4.69) is 4.98 Å². The van der Waals surface area contributed by atoms with Gasteiger partial charge in [-0.1, -0.05) is 29.8 Å². The van der Waals surface area contributed by atoms with E-state index in [-0.39, 0.29) is 11.3 Å². The smallest absolute Gasteiger partial charge is 0.300 e. The standard InChI is InChI=1S/C26H23ClN2O4/c1-14-12-15(2)25(33-4)17(13-14)23(30)21-22(19-9-5-6-11-28-19)29(26(32)24(21)31)20-10-7-8-18(27)16(20)3/h5-13,22,30H,1-4H3/b23-21+. The van der Waals surface area contributed by atoms with Crippen molar-refractivity contribution in [2.45, 2.75) is 26.8 Å². The number of anilines is 1. The summed E-state index contributed by atoms with van der Waals surface area (Å²) in [5.74, 6) is -1.44. The molecule has 168 valence electrons. The molecule has 2 heterocycles. The van der Waals surface area contributed by atoms with Crippen molar-refractivity contribution in [3.05, 3.63) is 93.3 Å². The first kappa shape index (κ1) is 22.6. The number of aliphatic hydroxyl groups excluding tert-OH is 1. The summed E-state index contributed by atoms with van der Waals surface area (Å²) in [6, 6.07) is 13.1. The van der Waals surface area contributed by atoms with Crippen molar-refractivity contribution in [2.24, 2.45) is 0 Å². The van der Waals surface area contributed by atoms with E-state index in [1.165, 1.54) is 12.0 Å². The van der Waals surface area contributed by atoms with E-state index in [9.17, 15) is 14.7 Å². The molecule has 1 aromatic heterocycles. The Bertz CT molecular complexity index is 1300. The highest BCUT2D eigenvalue weighted by Gasteiger charge is 2.48. The number of ketones is 1. The molecule has 1 fully saturated rings. The van der Waals surface area contributed by atoms with Crippen LogP contribution in [0.1, 0.15) is 34.0 Å². The van der Waals surface area contributed by atoms with Crippen LogP contribution in [-0.4, -0.2) is 28.9 Å². The van der Waals surface area contributed by atoms with Crippen LogP contribution in [0.5, 0.6) is 5.75 Å². The van der Waals surface area contributed by atoms with E-state index in [1.807, 2.05) is 19.9 Å². The Hall–Kier alpha value is -3.64. The van der Waals surface area contributed by atoms with E-state index in [1.54, 1.807) is 55.6 Å². The molecule has 1 N–H and O–H groups in total. The first-order chi connectivity index (χ1) is 15.8. The van der Waals surface area contributed by atoms with Crippen molar-refractivity contribution < 1.29 is 19.4 Å². The third-order valence-corrected chi connectivity index (χ3v) is 6.20. The molecule has 0 bridgehead atoms. The van der Waals surface area contributed by atoms with Crippen LogP contribution < -0.4 is 9.64 Å². The van der Waals surface area contributed by atoms with Gasteiger partial charge in [0.05, 0.1) is 23.9 Å². The number of Topliss-reactive ketones (excluding diaryl/α,β-unsaturated/α-hetero) is 1. The fourth-order valence-electron chi connectivity index (χ4n) is 4.30. The van der Waals surface area contributed by atoms with Gasteiger partial charge in [0.15, 0.2) is 0 Å². The summed E-state index contributed by atoms with van der Waals surface area (Å²) in [5.41, 5.74) is 3.54. The molecule has 4 rings (SSSR count). The summed E-state index contributed by atoms with van der Waals surface area (Å²) in [4.78, 5) is 32.4. The molecule has 2 aromatic carbocycles. The zero-order chi connectivity index (χ0) is 23.9. The van der Waals surface area contributed by atoms with E-state index in [0.717, 1.165) is 11.1 Å². The first-order valence-corrected chi connectivity index (χ1v) is 10.8. The molecule has 1 aliphatic rings. The molecule has 0 aliphatic carbocycles. The Balaban J connectivity index is 2.03. The van der Waals surface area contributed by atoms with Crippen molar-refractivity contribution in [1.29, 1.82) is 0 Å². The maximum absolute atomic E-state index is 13.3. The predicted octanol–water partition coefficient (Wildman–Crippen LogP) is 5.30. The second-order valence-corrected chi connectivity index (χ2v) is 8.38. The summed E-state index contributed by atoms with van der Waals surface area (Å²) in [5, 5.41) is 11.9. The topological polar surface area (TPSA) is 79.7 Å². The number of amides is 1. The highest BCUT2D eigenvalue weighted by atomic mass is 35.5. The number of halogens is 1. The molecule has 6 nitrogen and oxygen atoms in total. The molecule has 0 radical (unpaired) electrons. The Kier molecular flexibility index (Phi) is 5.95. The van der Waals surface area contributed by atoms with Gasteiger partial charge in [0.2, 0.25) is 0 Å². The first-order valence-electron chi connectivity index (χ1n) is 10.4. The van der Waals surface area contributed by atoms with Crippen LogP contribution >= 0.6 is 11.6 Å². The lowest BCUT2D eigenvalue weighted by molar-refractivity contribution is -0.132. The average molecular weight is 463 g/mol. The number of methoxy groups -OCH3 is 1. The molecule has 0 spiro atoms. The molecule has 0 saturated carbocycles. The molecule has 7 heteroatoms. The Morgan fingerprint density at radius 1 is 1.09 bits per heavy atom. The number of pyridine rings is 1. The number of ether oxygens (including phenoxy) is 1. The number of aryl methyl sites for hydroxylation is 2. The minimum atomic E-state index is -0.936. The van der Waals surface area contributed by atoms with Crippen LogP contribution in [0.3, 0.4) is 0 Å². The van der Waals surface area contributed by atoms with Gasteiger partial charge >= 0.3 is 0 Å². The van der Waals surface area contributed by atoms with Crippen molar-refractivity contribution in [3.63, 3.8) is 0 Å². The molecule has 1 unspecified atom stereocenters. The highest BCUT2D eigenvalue weighted by molar-refractivity contribution is 6.52. The summed E-state index contributed by atoms with van der Waals surface area (Å²) >= 11 is 6.32. The molecular weight excluding hydrogens is 440 g/mol. The lowest BCUT2D eigenvalue weighted by atomic mass is 9.95. The number of benzene rings is 2. The van der Waals surface area contributed by atoms with Crippen LogP contribution in [-0.2, 0) is 9.59 Å². The fraction of sp³-hybridized carbons (Fsp3) is 0.192. The largest absolute Gasteiger partial charge is 0.507 e. The van der Waals surface area contributed by atoms with E-state index >= 15 is 0 Å². The lowest BCUT2D eigenvalue weighted by Crippen LogP contribution is -2.30. The number of carbonyl (C=O) groups excluding carboxylic acids is 2. The molecule has 1 atom stereocenters. The van der Waals surface area contributed by atoms with Gasteiger partial charge in [-0.15, -0.1) is 0 Å².